The summed E-state index contributed by atoms with van der Waals surface area (Å²) >= 11 is 8.67. The number of anilines is 1. The van der Waals surface area contributed by atoms with E-state index in [4.69, 9.17) is 16.0 Å². The number of hydrogen-bond donors (Lipinski definition) is 1. The number of rotatable bonds is 6. The van der Waals surface area contributed by atoms with Gasteiger partial charge >= 0.3 is 0 Å². The van der Waals surface area contributed by atoms with Gasteiger partial charge < -0.3 is 4.42 Å². The highest BCUT2D eigenvalue weighted by atomic mass is 35.5. The highest BCUT2D eigenvalue weighted by Crippen LogP contribution is 2.26. The van der Waals surface area contributed by atoms with Crippen molar-refractivity contribution in [1.29, 1.82) is 5.26 Å². The van der Waals surface area contributed by atoms with Crippen LogP contribution in [-0.2, 0) is 10.5 Å². The number of thioether (sulfide) groups is 1. The van der Waals surface area contributed by atoms with Crippen LogP contribution in [0.1, 0.15) is 11.3 Å². The summed E-state index contributed by atoms with van der Waals surface area (Å²) < 4.78 is 5.66. The number of carbonyl (C=O) groups excluding carboxylic acids is 1. The number of aromatic nitrogens is 1. The molecule has 3 aromatic rings. The van der Waals surface area contributed by atoms with Gasteiger partial charge in [-0.1, -0.05) is 35.5 Å². The minimum Gasteiger partial charge on any atom is -0.450 e. The number of amides is 1. The molecule has 0 aliphatic heterocycles. The van der Waals surface area contributed by atoms with Gasteiger partial charge in [0.2, 0.25) is 0 Å². The molecule has 0 radical (unpaired) electrons. The smallest absolute Gasteiger partial charge is 0.268 e. The van der Waals surface area contributed by atoms with Gasteiger partial charge in [-0.25, -0.2) is 4.98 Å². The lowest BCUT2D eigenvalue weighted by Gasteiger charge is -2.00. The van der Waals surface area contributed by atoms with Gasteiger partial charge in [0.1, 0.15) is 17.4 Å². The molecule has 1 aromatic carbocycles. The zero-order valence-electron chi connectivity index (χ0n) is 13.3. The number of thiazole rings is 1. The molecule has 26 heavy (non-hydrogen) atoms. The van der Waals surface area contributed by atoms with Gasteiger partial charge in [-0.3, -0.25) is 10.1 Å². The summed E-state index contributed by atoms with van der Waals surface area (Å²) in [7, 11) is 0. The fourth-order valence-corrected chi connectivity index (χ4v) is 3.44. The summed E-state index contributed by atoms with van der Waals surface area (Å²) in [5.41, 5.74) is 1.07. The predicted octanol–water partition coefficient (Wildman–Crippen LogP) is 5.23. The lowest BCUT2D eigenvalue weighted by atomic mass is 10.2. The number of nitriles is 1. The van der Waals surface area contributed by atoms with Crippen LogP contribution in [0.2, 0.25) is 5.02 Å². The fourth-order valence-electron chi connectivity index (χ4n) is 1.97. The Bertz CT molecular complexity index is 957. The monoisotopic (exact) mass is 401 g/mol. The van der Waals surface area contributed by atoms with Crippen LogP contribution in [0.25, 0.3) is 6.08 Å². The minimum atomic E-state index is -0.519. The van der Waals surface area contributed by atoms with Crippen LogP contribution < -0.4 is 5.32 Å². The molecule has 0 fully saturated rings. The van der Waals surface area contributed by atoms with Crippen LogP contribution in [0, 0.1) is 11.3 Å². The van der Waals surface area contributed by atoms with Crippen LogP contribution in [-0.4, -0.2) is 10.9 Å². The van der Waals surface area contributed by atoms with E-state index in [1.807, 2.05) is 30.3 Å². The Hall–Kier alpha value is -2.53. The van der Waals surface area contributed by atoms with Crippen molar-refractivity contribution in [1.82, 2.24) is 4.98 Å². The number of benzene rings is 1. The van der Waals surface area contributed by atoms with Gasteiger partial charge in [-0.15, -0.1) is 11.3 Å². The summed E-state index contributed by atoms with van der Waals surface area (Å²) in [6.45, 7) is 0. The molecule has 0 atom stereocenters. The van der Waals surface area contributed by atoms with Gasteiger partial charge in [0.15, 0.2) is 10.2 Å². The number of nitrogens with zero attached hydrogens (tertiary/aromatic N) is 2. The molecule has 0 bridgehead atoms. The van der Waals surface area contributed by atoms with E-state index in [1.165, 1.54) is 29.2 Å². The van der Waals surface area contributed by atoms with Crippen molar-refractivity contribution in [3.05, 3.63) is 69.9 Å². The third kappa shape index (κ3) is 4.99. The summed E-state index contributed by atoms with van der Waals surface area (Å²) in [5, 5.41) is 15.4. The maximum atomic E-state index is 12.1. The molecule has 5 nitrogen and oxygen atoms in total. The summed E-state index contributed by atoms with van der Waals surface area (Å²) in [5.74, 6) is 0.646. The first kappa shape index (κ1) is 18.3. The van der Waals surface area contributed by atoms with E-state index in [-0.39, 0.29) is 5.57 Å². The van der Waals surface area contributed by atoms with E-state index in [1.54, 1.807) is 23.7 Å². The summed E-state index contributed by atoms with van der Waals surface area (Å²) in [6.07, 6.45) is 2.99. The van der Waals surface area contributed by atoms with Crippen molar-refractivity contribution in [3.8, 4) is 6.07 Å². The number of furan rings is 1. The van der Waals surface area contributed by atoms with E-state index in [0.29, 0.717) is 21.0 Å². The highest BCUT2D eigenvalue weighted by Gasteiger charge is 2.12. The molecular weight excluding hydrogens is 390 g/mol. The first-order valence-electron chi connectivity index (χ1n) is 7.44. The third-order valence-corrected chi connectivity index (χ3v) is 5.12. The lowest BCUT2D eigenvalue weighted by Crippen LogP contribution is -2.13. The average molecular weight is 402 g/mol. The second-order valence-electron chi connectivity index (χ2n) is 5.03. The highest BCUT2D eigenvalue weighted by molar-refractivity contribution is 7.98. The number of hydrogen-bond acceptors (Lipinski definition) is 6. The van der Waals surface area contributed by atoms with Crippen LogP contribution in [0.5, 0.6) is 0 Å². The van der Waals surface area contributed by atoms with Crippen LogP contribution in [0.15, 0.2) is 63.1 Å². The molecule has 0 saturated heterocycles. The molecule has 1 amide bonds. The van der Waals surface area contributed by atoms with Crippen molar-refractivity contribution in [2.45, 2.75) is 10.8 Å². The van der Waals surface area contributed by atoms with E-state index in [2.05, 4.69) is 10.3 Å². The van der Waals surface area contributed by atoms with Gasteiger partial charge in [0, 0.05) is 28.4 Å². The van der Waals surface area contributed by atoms with Crippen LogP contribution >= 0.6 is 34.7 Å². The van der Waals surface area contributed by atoms with E-state index < -0.39 is 5.91 Å². The Morgan fingerprint density at radius 1 is 1.35 bits per heavy atom. The Morgan fingerprint density at radius 2 is 2.15 bits per heavy atom. The zero-order chi connectivity index (χ0) is 18.4. The van der Waals surface area contributed by atoms with Gasteiger partial charge in [-0.2, -0.15) is 5.26 Å². The summed E-state index contributed by atoms with van der Waals surface area (Å²) in [6, 6.07) is 13.0. The molecule has 8 heteroatoms. The van der Waals surface area contributed by atoms with Gasteiger partial charge in [0.25, 0.3) is 5.91 Å². The zero-order valence-corrected chi connectivity index (χ0v) is 15.7. The van der Waals surface area contributed by atoms with Crippen LogP contribution in [0.3, 0.4) is 0 Å². The number of nitrogens with one attached hydrogen (secondary N) is 1. The second-order valence-corrected chi connectivity index (χ2v) is 7.34. The van der Waals surface area contributed by atoms with Crippen molar-refractivity contribution < 1.29 is 9.21 Å². The molecular formula is C18H12ClN3O2S2. The summed E-state index contributed by atoms with van der Waals surface area (Å²) in [4.78, 5) is 16.1. The van der Waals surface area contributed by atoms with Gasteiger partial charge in [0.05, 0.1) is 0 Å². The average Bonchev–Trinajstić information content (AvgIpc) is 3.31. The van der Waals surface area contributed by atoms with Crippen LogP contribution in [0.4, 0.5) is 5.13 Å². The standard InChI is InChI=1S/C18H12ClN3O2S2/c19-14-3-1-12(2-4-14)11-26-16-6-5-15(24-16)9-13(10-20)17(23)22-18-21-7-8-25-18/h1-9H,11H2,(H,21,22,23)/b13-9-. The van der Waals surface area contributed by atoms with E-state index >= 15 is 0 Å². The Labute approximate surface area is 163 Å². The van der Waals surface area contributed by atoms with Crippen molar-refractivity contribution in [2.24, 2.45) is 0 Å². The van der Waals surface area contributed by atoms with E-state index in [0.717, 1.165) is 11.3 Å². The molecule has 1 N–H and O–H groups in total. The molecule has 0 spiro atoms. The first-order valence-corrected chi connectivity index (χ1v) is 9.68. The van der Waals surface area contributed by atoms with Crippen molar-refractivity contribution in [3.63, 3.8) is 0 Å². The lowest BCUT2D eigenvalue weighted by molar-refractivity contribution is -0.112. The molecule has 0 aliphatic rings. The Balaban J connectivity index is 1.63. The first-order chi connectivity index (χ1) is 12.6. The fraction of sp³-hybridized carbons (Fsp3) is 0.0556. The molecule has 0 saturated carbocycles. The SMILES string of the molecule is N#C/C(=C/c1ccc(SCc2ccc(Cl)cc2)o1)C(=O)Nc1nccs1. The molecule has 0 unspecified atom stereocenters. The topological polar surface area (TPSA) is 78.9 Å². The molecule has 2 aromatic heterocycles. The number of carbonyl (C=O) groups is 1. The van der Waals surface area contributed by atoms with Crippen molar-refractivity contribution >= 4 is 51.8 Å². The normalized spacial score (nSPS) is 11.2. The van der Waals surface area contributed by atoms with Crippen molar-refractivity contribution in [2.75, 3.05) is 5.32 Å². The maximum absolute atomic E-state index is 12.1. The maximum Gasteiger partial charge on any atom is 0.268 e. The number of halogens is 1. The molecule has 130 valence electrons. The second kappa shape index (κ2) is 8.72. The minimum absolute atomic E-state index is 0.0520. The Morgan fingerprint density at radius 3 is 2.85 bits per heavy atom. The predicted molar refractivity (Wildman–Crippen MR) is 104 cm³/mol. The molecule has 2 heterocycles. The molecule has 3 rings (SSSR count). The molecule has 0 aliphatic carbocycles. The van der Waals surface area contributed by atoms with E-state index in [9.17, 15) is 10.1 Å². The quantitative estimate of drug-likeness (QED) is 0.347. The third-order valence-electron chi connectivity index (χ3n) is 3.20. The largest absolute Gasteiger partial charge is 0.450 e. The Kier molecular flexibility index (Phi) is 6.12. The van der Waals surface area contributed by atoms with Gasteiger partial charge in [-0.05, 0) is 29.8 Å².